The van der Waals surface area contributed by atoms with Crippen LogP contribution in [0.25, 0.3) is 0 Å². The Morgan fingerprint density at radius 2 is 2.26 bits per heavy atom. The SMILES string of the molecule is O=C(NCC(O)C1CC1)c1cc([N+](=O)[O-])ccc1F. The Morgan fingerprint density at radius 1 is 1.58 bits per heavy atom. The molecule has 1 aliphatic carbocycles. The predicted molar refractivity (Wildman–Crippen MR) is 64.1 cm³/mol. The zero-order chi connectivity index (χ0) is 14.0. The highest BCUT2D eigenvalue weighted by atomic mass is 19.1. The molecule has 0 radical (unpaired) electrons. The first-order valence-corrected chi connectivity index (χ1v) is 5.89. The molecule has 2 N–H and O–H groups in total. The van der Waals surface area contributed by atoms with Crippen LogP contribution in [0, 0.1) is 21.8 Å². The molecule has 102 valence electrons. The van der Waals surface area contributed by atoms with E-state index in [0.717, 1.165) is 31.0 Å². The normalized spacial score (nSPS) is 15.9. The van der Waals surface area contributed by atoms with Gasteiger partial charge in [0.15, 0.2) is 0 Å². The third kappa shape index (κ3) is 3.25. The number of aliphatic hydroxyl groups is 1. The van der Waals surface area contributed by atoms with Gasteiger partial charge in [-0.15, -0.1) is 0 Å². The lowest BCUT2D eigenvalue weighted by atomic mass is 10.1. The smallest absolute Gasteiger partial charge is 0.270 e. The van der Waals surface area contributed by atoms with Gasteiger partial charge in [0.05, 0.1) is 16.6 Å². The van der Waals surface area contributed by atoms with E-state index in [1.165, 1.54) is 0 Å². The molecule has 1 saturated carbocycles. The van der Waals surface area contributed by atoms with Crippen LogP contribution in [-0.2, 0) is 0 Å². The minimum absolute atomic E-state index is 0.0195. The summed E-state index contributed by atoms with van der Waals surface area (Å²) < 4.78 is 13.4. The highest BCUT2D eigenvalue weighted by Gasteiger charge is 2.30. The fourth-order valence-electron chi connectivity index (χ4n) is 1.74. The Labute approximate surface area is 108 Å². The molecule has 0 aromatic heterocycles. The second-order valence-corrected chi connectivity index (χ2v) is 4.54. The van der Waals surface area contributed by atoms with Crippen LogP contribution in [0.4, 0.5) is 10.1 Å². The number of benzene rings is 1. The van der Waals surface area contributed by atoms with Gasteiger partial charge in [-0.2, -0.15) is 0 Å². The van der Waals surface area contributed by atoms with Crippen molar-refractivity contribution >= 4 is 11.6 Å². The van der Waals surface area contributed by atoms with Crippen molar-refractivity contribution in [1.82, 2.24) is 5.32 Å². The molecule has 6 nitrogen and oxygen atoms in total. The Kier molecular flexibility index (Phi) is 3.75. The van der Waals surface area contributed by atoms with E-state index < -0.39 is 28.3 Å². The van der Waals surface area contributed by atoms with E-state index in [0.29, 0.717) is 0 Å². The number of hydrogen-bond donors (Lipinski definition) is 2. The number of nitrogens with zero attached hydrogens (tertiary/aromatic N) is 1. The number of nitro groups is 1. The van der Waals surface area contributed by atoms with Crippen LogP contribution in [0.1, 0.15) is 23.2 Å². The van der Waals surface area contributed by atoms with Crippen molar-refractivity contribution in [3.8, 4) is 0 Å². The van der Waals surface area contributed by atoms with Gasteiger partial charge in [0.1, 0.15) is 5.82 Å². The summed E-state index contributed by atoms with van der Waals surface area (Å²) in [6, 6.07) is 2.75. The molecular formula is C12H13FN2O4. The van der Waals surface area contributed by atoms with Crippen molar-refractivity contribution in [2.75, 3.05) is 6.54 Å². The summed E-state index contributed by atoms with van der Waals surface area (Å²) in [4.78, 5) is 21.6. The standard InChI is InChI=1S/C12H13FN2O4/c13-10-4-3-8(15(18)19)5-9(10)12(17)14-6-11(16)7-1-2-7/h3-5,7,11,16H,1-2,6H2,(H,14,17). The number of carbonyl (C=O) groups is 1. The van der Waals surface area contributed by atoms with E-state index in [-0.39, 0.29) is 18.2 Å². The second kappa shape index (κ2) is 5.31. The molecular weight excluding hydrogens is 255 g/mol. The number of halogens is 1. The maximum Gasteiger partial charge on any atom is 0.270 e. The van der Waals surface area contributed by atoms with Crippen molar-refractivity contribution in [2.45, 2.75) is 18.9 Å². The average molecular weight is 268 g/mol. The lowest BCUT2D eigenvalue weighted by molar-refractivity contribution is -0.384. The molecule has 1 atom stereocenters. The Morgan fingerprint density at radius 3 is 2.84 bits per heavy atom. The summed E-state index contributed by atoms with van der Waals surface area (Å²) in [5.74, 6) is -1.40. The molecule has 0 spiro atoms. The first kappa shape index (κ1) is 13.4. The Hall–Kier alpha value is -2.02. The Bertz CT molecular complexity index is 516. The summed E-state index contributed by atoms with van der Waals surface area (Å²) in [6.07, 6.45) is 1.19. The maximum absolute atomic E-state index is 13.4. The highest BCUT2D eigenvalue weighted by Crippen LogP contribution is 2.32. The van der Waals surface area contributed by atoms with Gasteiger partial charge in [-0.1, -0.05) is 0 Å². The summed E-state index contributed by atoms with van der Waals surface area (Å²) in [7, 11) is 0. The number of amides is 1. The van der Waals surface area contributed by atoms with Crippen LogP contribution in [0.3, 0.4) is 0 Å². The molecule has 1 aromatic rings. The first-order valence-electron chi connectivity index (χ1n) is 5.89. The molecule has 0 bridgehead atoms. The van der Waals surface area contributed by atoms with Crippen LogP contribution >= 0.6 is 0 Å². The topological polar surface area (TPSA) is 92.5 Å². The van der Waals surface area contributed by atoms with E-state index >= 15 is 0 Å². The minimum atomic E-state index is -0.830. The summed E-state index contributed by atoms with van der Waals surface area (Å²) in [5.41, 5.74) is -0.744. The van der Waals surface area contributed by atoms with Gasteiger partial charge in [-0.25, -0.2) is 4.39 Å². The predicted octanol–water partition coefficient (Wildman–Crippen LogP) is 1.23. The van der Waals surface area contributed by atoms with Gasteiger partial charge in [0, 0.05) is 18.7 Å². The monoisotopic (exact) mass is 268 g/mol. The molecule has 0 heterocycles. The van der Waals surface area contributed by atoms with Gasteiger partial charge in [0.25, 0.3) is 11.6 Å². The van der Waals surface area contributed by atoms with Crippen LogP contribution in [0.5, 0.6) is 0 Å². The summed E-state index contributed by atoms with van der Waals surface area (Å²) in [5, 5.41) is 22.5. The number of rotatable bonds is 5. The number of carbonyl (C=O) groups excluding carboxylic acids is 1. The number of nitrogens with one attached hydrogen (secondary N) is 1. The lowest BCUT2D eigenvalue weighted by Gasteiger charge is -2.10. The third-order valence-corrected chi connectivity index (χ3v) is 3.04. The Balaban J connectivity index is 2.04. The molecule has 1 amide bonds. The van der Waals surface area contributed by atoms with Gasteiger partial charge >= 0.3 is 0 Å². The van der Waals surface area contributed by atoms with E-state index in [1.54, 1.807) is 0 Å². The van der Waals surface area contributed by atoms with Gasteiger partial charge in [-0.05, 0) is 24.8 Å². The van der Waals surface area contributed by atoms with Crippen LogP contribution in [-0.4, -0.2) is 28.6 Å². The first-order chi connectivity index (χ1) is 8.99. The number of aliphatic hydroxyl groups excluding tert-OH is 1. The van der Waals surface area contributed by atoms with E-state index in [9.17, 15) is 24.4 Å². The molecule has 0 saturated heterocycles. The molecule has 7 heteroatoms. The van der Waals surface area contributed by atoms with Crippen molar-refractivity contribution < 1.29 is 19.2 Å². The fourth-order valence-corrected chi connectivity index (χ4v) is 1.74. The second-order valence-electron chi connectivity index (χ2n) is 4.54. The maximum atomic E-state index is 13.4. The van der Waals surface area contributed by atoms with Crippen LogP contribution < -0.4 is 5.32 Å². The number of nitro benzene ring substituents is 1. The van der Waals surface area contributed by atoms with Crippen molar-refractivity contribution in [3.63, 3.8) is 0 Å². The number of hydrogen-bond acceptors (Lipinski definition) is 4. The van der Waals surface area contributed by atoms with Crippen LogP contribution in [0.15, 0.2) is 18.2 Å². The average Bonchev–Trinajstić information content (AvgIpc) is 3.20. The summed E-state index contributed by atoms with van der Waals surface area (Å²) in [6.45, 7) is 0.0195. The van der Waals surface area contributed by atoms with Gasteiger partial charge in [-0.3, -0.25) is 14.9 Å². The zero-order valence-corrected chi connectivity index (χ0v) is 10.0. The fraction of sp³-hybridized carbons (Fsp3) is 0.417. The molecule has 1 unspecified atom stereocenters. The van der Waals surface area contributed by atoms with Crippen molar-refractivity contribution in [2.24, 2.45) is 5.92 Å². The van der Waals surface area contributed by atoms with Gasteiger partial charge < -0.3 is 10.4 Å². The van der Waals surface area contributed by atoms with Crippen molar-refractivity contribution in [3.05, 3.63) is 39.7 Å². The summed E-state index contributed by atoms with van der Waals surface area (Å²) >= 11 is 0. The minimum Gasteiger partial charge on any atom is -0.391 e. The quantitative estimate of drug-likeness (QED) is 0.620. The highest BCUT2D eigenvalue weighted by molar-refractivity contribution is 5.95. The van der Waals surface area contributed by atoms with Gasteiger partial charge in [0.2, 0.25) is 0 Å². The largest absolute Gasteiger partial charge is 0.391 e. The molecule has 0 aliphatic heterocycles. The van der Waals surface area contributed by atoms with E-state index in [2.05, 4.69) is 5.32 Å². The van der Waals surface area contributed by atoms with Crippen molar-refractivity contribution in [1.29, 1.82) is 0 Å². The molecule has 2 rings (SSSR count). The number of non-ortho nitro benzene ring substituents is 1. The van der Waals surface area contributed by atoms with E-state index in [1.807, 2.05) is 0 Å². The molecule has 1 aliphatic rings. The molecule has 1 aromatic carbocycles. The molecule has 1 fully saturated rings. The third-order valence-electron chi connectivity index (χ3n) is 3.04. The zero-order valence-electron chi connectivity index (χ0n) is 10.0. The lowest BCUT2D eigenvalue weighted by Crippen LogP contribution is -2.33. The van der Waals surface area contributed by atoms with Crippen LogP contribution in [0.2, 0.25) is 0 Å². The molecule has 19 heavy (non-hydrogen) atoms. The van der Waals surface area contributed by atoms with E-state index in [4.69, 9.17) is 0 Å².